The van der Waals surface area contributed by atoms with Crippen LogP contribution in [0, 0.1) is 0 Å². The summed E-state index contributed by atoms with van der Waals surface area (Å²) in [6.07, 6.45) is 3.72. The van der Waals surface area contributed by atoms with Crippen LogP contribution < -0.4 is 19.6 Å². The summed E-state index contributed by atoms with van der Waals surface area (Å²) in [5, 5.41) is 0.671. The summed E-state index contributed by atoms with van der Waals surface area (Å²) >= 11 is 7.48. The number of benzene rings is 3. The molecule has 168 valence electrons. The van der Waals surface area contributed by atoms with Crippen molar-refractivity contribution in [1.29, 1.82) is 0 Å². The highest BCUT2D eigenvalue weighted by molar-refractivity contribution is 7.07. The van der Waals surface area contributed by atoms with Crippen LogP contribution in [0.5, 0.6) is 5.75 Å². The number of allylic oxidation sites excluding steroid dienone is 1. The lowest BCUT2D eigenvalue weighted by atomic mass is 9.83. The zero-order chi connectivity index (χ0) is 23.2. The highest BCUT2D eigenvalue weighted by Crippen LogP contribution is 2.41. The monoisotopic (exact) mass is 484 g/mol. The first-order valence-corrected chi connectivity index (χ1v) is 12.3. The van der Waals surface area contributed by atoms with Gasteiger partial charge in [-0.2, -0.15) is 0 Å². The maximum absolute atomic E-state index is 13.7. The predicted molar refractivity (Wildman–Crippen MR) is 137 cm³/mol. The molecule has 1 aliphatic heterocycles. The van der Waals surface area contributed by atoms with Crippen LogP contribution in [0.3, 0.4) is 0 Å². The van der Waals surface area contributed by atoms with Crippen LogP contribution in [0.2, 0.25) is 5.02 Å². The number of aryl methyl sites for hydroxylation is 1. The number of ether oxygens (including phenoxy) is 1. The third-order valence-corrected chi connectivity index (χ3v) is 7.71. The molecule has 0 spiro atoms. The average Bonchev–Trinajstić information content (AvgIpc) is 3.18. The summed E-state index contributed by atoms with van der Waals surface area (Å²) in [6.45, 7) is 0. The Morgan fingerprint density at radius 3 is 2.56 bits per heavy atom. The van der Waals surface area contributed by atoms with Gasteiger partial charge < -0.3 is 4.74 Å². The topological polar surface area (TPSA) is 43.6 Å². The van der Waals surface area contributed by atoms with Crippen LogP contribution >= 0.6 is 22.9 Å². The minimum absolute atomic E-state index is 0.0232. The van der Waals surface area contributed by atoms with Crippen LogP contribution in [-0.2, 0) is 6.42 Å². The molecule has 6 rings (SSSR count). The molecule has 0 unspecified atom stereocenters. The van der Waals surface area contributed by atoms with E-state index in [9.17, 15) is 4.79 Å². The van der Waals surface area contributed by atoms with Crippen molar-refractivity contribution in [3.05, 3.63) is 125 Å². The van der Waals surface area contributed by atoms with Crippen LogP contribution in [0.25, 0.3) is 11.8 Å². The van der Waals surface area contributed by atoms with E-state index in [1.165, 1.54) is 22.5 Å². The molecule has 1 aromatic heterocycles. The standard InChI is InChI=1S/C28H21ClN2O2S/c1-33-21-13-8-19(9-14-21)26-23-15-10-18-4-2-3-5-22(18)25(23)30-28-31(26)27(32)24(34-28)16-17-6-11-20(29)12-7-17/h2-9,11-14,16,26H,10,15H2,1H3/b24-16+/t26-/m1/s1. The van der Waals surface area contributed by atoms with Crippen molar-refractivity contribution in [2.24, 2.45) is 4.99 Å². The summed E-state index contributed by atoms with van der Waals surface area (Å²) in [6, 6.07) is 23.8. The molecule has 0 bridgehead atoms. The van der Waals surface area contributed by atoms with Gasteiger partial charge in [0, 0.05) is 10.6 Å². The van der Waals surface area contributed by atoms with Crippen molar-refractivity contribution < 1.29 is 4.74 Å². The van der Waals surface area contributed by atoms with E-state index in [1.54, 1.807) is 7.11 Å². The second-order valence-corrected chi connectivity index (χ2v) is 9.88. The largest absolute Gasteiger partial charge is 0.497 e. The molecule has 2 heterocycles. The maximum Gasteiger partial charge on any atom is 0.271 e. The van der Waals surface area contributed by atoms with Gasteiger partial charge in [0.25, 0.3) is 5.56 Å². The van der Waals surface area contributed by atoms with Crippen molar-refractivity contribution in [1.82, 2.24) is 4.57 Å². The third-order valence-electron chi connectivity index (χ3n) is 6.47. The van der Waals surface area contributed by atoms with E-state index >= 15 is 0 Å². The Bertz CT molecular complexity index is 1610. The maximum atomic E-state index is 13.7. The van der Waals surface area contributed by atoms with Gasteiger partial charge in [0.15, 0.2) is 4.80 Å². The number of hydrogen-bond donors (Lipinski definition) is 0. The molecule has 4 nitrogen and oxygen atoms in total. The molecule has 0 N–H and O–H groups in total. The molecule has 1 aliphatic carbocycles. The molecule has 0 radical (unpaired) electrons. The summed E-state index contributed by atoms with van der Waals surface area (Å²) in [4.78, 5) is 19.5. The Kier molecular flexibility index (Phi) is 5.24. The minimum Gasteiger partial charge on any atom is -0.497 e. The molecular formula is C28H21ClN2O2S. The van der Waals surface area contributed by atoms with Gasteiger partial charge in [0.1, 0.15) is 5.75 Å². The summed E-state index contributed by atoms with van der Waals surface area (Å²) in [5.41, 5.74) is 6.63. The first-order valence-electron chi connectivity index (χ1n) is 11.1. The van der Waals surface area contributed by atoms with E-state index in [1.807, 2.05) is 47.0 Å². The van der Waals surface area contributed by atoms with Crippen LogP contribution in [-0.4, -0.2) is 11.7 Å². The Hall–Kier alpha value is -3.41. The highest BCUT2D eigenvalue weighted by atomic mass is 35.5. The number of hydrogen-bond acceptors (Lipinski definition) is 4. The van der Waals surface area contributed by atoms with Gasteiger partial charge in [-0.05, 0) is 65.4 Å². The lowest BCUT2D eigenvalue weighted by Crippen LogP contribution is -2.38. The van der Waals surface area contributed by atoms with E-state index in [0.717, 1.165) is 45.8 Å². The SMILES string of the molecule is COc1ccc([C@@H]2C3=C(N=c4s/c(=C/c5ccc(Cl)cc5)c(=O)n42)c2ccccc2CC3)cc1. The normalized spacial score (nSPS) is 17.0. The number of halogens is 1. The average molecular weight is 485 g/mol. The fraction of sp³-hybridized carbons (Fsp3) is 0.143. The van der Waals surface area contributed by atoms with Crippen molar-refractivity contribution in [2.45, 2.75) is 18.9 Å². The lowest BCUT2D eigenvalue weighted by Gasteiger charge is -2.30. The van der Waals surface area contributed by atoms with Gasteiger partial charge in [0.2, 0.25) is 0 Å². The minimum atomic E-state index is -0.196. The zero-order valence-electron chi connectivity index (χ0n) is 18.5. The van der Waals surface area contributed by atoms with Gasteiger partial charge in [-0.15, -0.1) is 0 Å². The fourth-order valence-corrected chi connectivity index (χ4v) is 5.95. The Morgan fingerprint density at radius 2 is 1.79 bits per heavy atom. The smallest absolute Gasteiger partial charge is 0.271 e. The molecule has 0 fully saturated rings. The second-order valence-electron chi connectivity index (χ2n) is 8.44. The molecule has 6 heteroatoms. The Morgan fingerprint density at radius 1 is 1.03 bits per heavy atom. The Labute approximate surface area is 205 Å². The van der Waals surface area contributed by atoms with Crippen LogP contribution in [0.15, 0.2) is 88.2 Å². The molecule has 1 atom stereocenters. The number of rotatable bonds is 3. The van der Waals surface area contributed by atoms with Crippen molar-refractivity contribution in [3.63, 3.8) is 0 Å². The Balaban J connectivity index is 1.60. The molecule has 0 saturated carbocycles. The first kappa shape index (κ1) is 21.1. The van der Waals surface area contributed by atoms with Gasteiger partial charge in [-0.1, -0.05) is 71.5 Å². The predicted octanol–water partition coefficient (Wildman–Crippen LogP) is 4.98. The van der Waals surface area contributed by atoms with Gasteiger partial charge >= 0.3 is 0 Å². The van der Waals surface area contributed by atoms with Gasteiger partial charge in [0.05, 0.1) is 23.4 Å². The van der Waals surface area contributed by atoms with Gasteiger partial charge in [-0.25, -0.2) is 4.99 Å². The van der Waals surface area contributed by atoms with Gasteiger partial charge in [-0.3, -0.25) is 9.36 Å². The number of methoxy groups -OCH3 is 1. The summed E-state index contributed by atoms with van der Waals surface area (Å²) < 4.78 is 7.89. The lowest BCUT2D eigenvalue weighted by molar-refractivity contribution is 0.414. The van der Waals surface area contributed by atoms with E-state index in [2.05, 4.69) is 36.4 Å². The number of aromatic nitrogens is 1. The van der Waals surface area contributed by atoms with E-state index < -0.39 is 0 Å². The van der Waals surface area contributed by atoms with Crippen molar-refractivity contribution in [2.75, 3.05) is 7.11 Å². The molecule has 0 amide bonds. The van der Waals surface area contributed by atoms with Crippen molar-refractivity contribution >= 4 is 34.7 Å². The van der Waals surface area contributed by atoms with Crippen LogP contribution in [0.4, 0.5) is 0 Å². The molecular weight excluding hydrogens is 464 g/mol. The molecule has 0 saturated heterocycles. The number of fused-ring (bicyclic) bond motifs is 3. The quantitative estimate of drug-likeness (QED) is 0.411. The van der Waals surface area contributed by atoms with E-state index in [0.29, 0.717) is 9.55 Å². The summed E-state index contributed by atoms with van der Waals surface area (Å²) in [7, 11) is 1.66. The van der Waals surface area contributed by atoms with Crippen molar-refractivity contribution in [3.8, 4) is 5.75 Å². The number of thiazole rings is 1. The third kappa shape index (κ3) is 3.52. The first-order chi connectivity index (χ1) is 16.6. The molecule has 2 aliphatic rings. The highest BCUT2D eigenvalue weighted by Gasteiger charge is 2.32. The fourth-order valence-electron chi connectivity index (χ4n) is 4.82. The number of nitrogens with zero attached hydrogens (tertiary/aromatic N) is 2. The summed E-state index contributed by atoms with van der Waals surface area (Å²) in [5.74, 6) is 0.794. The second kappa shape index (κ2) is 8.42. The van der Waals surface area contributed by atoms with Crippen LogP contribution in [0.1, 0.15) is 34.7 Å². The van der Waals surface area contributed by atoms with E-state index in [-0.39, 0.29) is 11.6 Å². The molecule has 3 aromatic carbocycles. The molecule has 4 aromatic rings. The van der Waals surface area contributed by atoms with E-state index in [4.69, 9.17) is 21.3 Å². The molecule has 34 heavy (non-hydrogen) atoms. The zero-order valence-corrected chi connectivity index (χ0v) is 20.1.